The van der Waals surface area contributed by atoms with E-state index in [4.69, 9.17) is 9.47 Å². The molecule has 0 amide bonds. The third kappa shape index (κ3) is 3.80. The third-order valence-corrected chi connectivity index (χ3v) is 6.46. The number of carbonyl (C=O) groups excluding carboxylic acids is 1. The van der Waals surface area contributed by atoms with Crippen LogP contribution in [0.25, 0.3) is 16.7 Å². The summed E-state index contributed by atoms with van der Waals surface area (Å²) in [5.41, 5.74) is 6.77. The summed E-state index contributed by atoms with van der Waals surface area (Å²) in [6.07, 6.45) is 4.54. The third-order valence-electron chi connectivity index (χ3n) is 6.46. The second-order valence-electron chi connectivity index (χ2n) is 8.33. The number of nitrogens with zero attached hydrogens (tertiary/aromatic N) is 3. The van der Waals surface area contributed by atoms with Crippen molar-refractivity contribution >= 4 is 22.7 Å². The van der Waals surface area contributed by atoms with E-state index in [2.05, 4.69) is 34.8 Å². The number of rotatable bonds is 7. The number of cyclic esters (lactones) is 1. The van der Waals surface area contributed by atoms with Gasteiger partial charge in [-0.3, -0.25) is 0 Å². The van der Waals surface area contributed by atoms with E-state index in [0.717, 1.165) is 46.4 Å². The topological polar surface area (TPSA) is 101 Å². The zero-order valence-electron chi connectivity index (χ0n) is 19.1. The average molecular weight is 456 g/mol. The number of carbonyl (C=O) groups is 1. The van der Waals surface area contributed by atoms with Crippen LogP contribution in [0.1, 0.15) is 32.6 Å². The van der Waals surface area contributed by atoms with Gasteiger partial charge in [0.25, 0.3) is 0 Å². The maximum atomic E-state index is 11.7. The lowest BCUT2D eigenvalue weighted by Gasteiger charge is -2.18. The summed E-state index contributed by atoms with van der Waals surface area (Å²) in [4.78, 5) is 11.7. The number of benzene rings is 2. The van der Waals surface area contributed by atoms with Crippen molar-refractivity contribution in [1.29, 1.82) is 5.26 Å². The summed E-state index contributed by atoms with van der Waals surface area (Å²) < 4.78 is 12.4. The Labute approximate surface area is 197 Å². The molecule has 0 aliphatic carbocycles. The molecule has 5 rings (SSSR count). The standard InChI is InChI=1S/C26H25N5O3/c1-16-17(6-7-20-22(16)15-34-26(20)32)8-9-28-12-18-4-3-5-23-21(18)14-30-31(23)25-10-24(33-2)19(11-27)13-29-25/h3-7,10,14,28-29H,8-9,12-13,15H2,1-2H3. The minimum atomic E-state index is -0.226. The summed E-state index contributed by atoms with van der Waals surface area (Å²) in [7, 11) is 1.56. The van der Waals surface area contributed by atoms with E-state index in [1.807, 2.05) is 35.1 Å². The zero-order chi connectivity index (χ0) is 23.7. The molecule has 0 radical (unpaired) electrons. The van der Waals surface area contributed by atoms with Gasteiger partial charge >= 0.3 is 5.97 Å². The van der Waals surface area contributed by atoms with E-state index < -0.39 is 0 Å². The number of nitrogens with one attached hydrogen (secondary N) is 2. The van der Waals surface area contributed by atoms with Crippen LogP contribution in [0.5, 0.6) is 0 Å². The van der Waals surface area contributed by atoms with Crippen LogP contribution in [0.2, 0.25) is 0 Å². The summed E-state index contributed by atoms with van der Waals surface area (Å²) in [6.45, 7) is 4.35. The Hall–Kier alpha value is -4.09. The van der Waals surface area contributed by atoms with Gasteiger partial charge in [-0.05, 0) is 48.7 Å². The molecular formula is C26H25N5O3. The predicted molar refractivity (Wildman–Crippen MR) is 127 cm³/mol. The van der Waals surface area contributed by atoms with Gasteiger partial charge in [0.1, 0.15) is 24.3 Å². The first-order valence-electron chi connectivity index (χ1n) is 11.2. The second-order valence-corrected chi connectivity index (χ2v) is 8.33. The maximum Gasteiger partial charge on any atom is 0.338 e. The Bertz CT molecular complexity index is 1390. The van der Waals surface area contributed by atoms with Crippen molar-refractivity contribution in [3.63, 3.8) is 0 Å². The van der Waals surface area contributed by atoms with Gasteiger partial charge in [-0.2, -0.15) is 10.4 Å². The number of aromatic nitrogens is 2. The molecule has 2 aliphatic rings. The van der Waals surface area contributed by atoms with Crippen LogP contribution < -0.4 is 10.6 Å². The molecule has 0 saturated carbocycles. The van der Waals surface area contributed by atoms with Gasteiger partial charge in [-0.15, -0.1) is 0 Å². The first-order valence-corrected chi connectivity index (χ1v) is 11.2. The summed E-state index contributed by atoms with van der Waals surface area (Å²) in [6, 6.07) is 12.2. The van der Waals surface area contributed by atoms with Crippen LogP contribution in [-0.4, -0.2) is 35.9 Å². The monoisotopic (exact) mass is 455 g/mol. The van der Waals surface area contributed by atoms with E-state index in [1.54, 1.807) is 13.2 Å². The molecule has 0 unspecified atom stereocenters. The highest BCUT2D eigenvalue weighted by molar-refractivity contribution is 5.94. The minimum absolute atomic E-state index is 0.226. The molecule has 1 aromatic heterocycles. The number of fused-ring (bicyclic) bond motifs is 2. The van der Waals surface area contributed by atoms with Gasteiger partial charge < -0.3 is 20.1 Å². The van der Waals surface area contributed by atoms with Gasteiger partial charge in [0.2, 0.25) is 0 Å². The lowest BCUT2D eigenvalue weighted by molar-refractivity contribution is 0.0535. The van der Waals surface area contributed by atoms with Crippen molar-refractivity contribution in [2.75, 3.05) is 20.2 Å². The van der Waals surface area contributed by atoms with Gasteiger partial charge in [0, 0.05) is 23.6 Å². The molecular weight excluding hydrogens is 430 g/mol. The van der Waals surface area contributed by atoms with Crippen molar-refractivity contribution in [1.82, 2.24) is 20.4 Å². The van der Waals surface area contributed by atoms with Crippen molar-refractivity contribution < 1.29 is 14.3 Å². The molecule has 2 N–H and O–H groups in total. The number of hydrogen-bond donors (Lipinski definition) is 2. The lowest BCUT2D eigenvalue weighted by Crippen LogP contribution is -2.25. The largest absolute Gasteiger partial charge is 0.496 e. The van der Waals surface area contributed by atoms with E-state index in [0.29, 0.717) is 36.6 Å². The number of nitriles is 1. The Balaban J connectivity index is 1.29. The molecule has 8 nitrogen and oxygen atoms in total. The number of esters is 1. The SMILES string of the molecule is COC1=C(C#N)CNC(n2ncc3c(CNCCc4ccc5c(c4C)COC5=O)cccc32)=C1. The molecule has 34 heavy (non-hydrogen) atoms. The number of methoxy groups -OCH3 is 1. The van der Waals surface area contributed by atoms with Crippen LogP contribution in [0.15, 0.2) is 53.9 Å². The summed E-state index contributed by atoms with van der Waals surface area (Å²) in [5.74, 6) is 1.09. The highest BCUT2D eigenvalue weighted by atomic mass is 16.5. The minimum Gasteiger partial charge on any atom is -0.496 e. The Morgan fingerprint density at radius 2 is 2.18 bits per heavy atom. The number of ether oxygens (including phenoxy) is 2. The summed E-state index contributed by atoms with van der Waals surface area (Å²) >= 11 is 0. The number of hydrogen-bond acceptors (Lipinski definition) is 7. The van der Waals surface area contributed by atoms with Crippen LogP contribution in [0.3, 0.4) is 0 Å². The average Bonchev–Trinajstić information content (AvgIpc) is 3.47. The fourth-order valence-electron chi connectivity index (χ4n) is 4.51. The number of dihydropyridines is 1. The second kappa shape index (κ2) is 9.04. The van der Waals surface area contributed by atoms with E-state index in [9.17, 15) is 10.1 Å². The smallest absolute Gasteiger partial charge is 0.338 e. The molecule has 3 heterocycles. The van der Waals surface area contributed by atoms with E-state index in [-0.39, 0.29) is 5.97 Å². The molecule has 2 aromatic carbocycles. The Morgan fingerprint density at radius 1 is 1.29 bits per heavy atom. The Kier molecular flexibility index (Phi) is 5.78. The van der Waals surface area contributed by atoms with Crippen molar-refractivity contribution in [3.05, 3.63) is 81.8 Å². The zero-order valence-corrected chi connectivity index (χ0v) is 19.1. The molecule has 0 saturated heterocycles. The van der Waals surface area contributed by atoms with E-state index >= 15 is 0 Å². The first kappa shape index (κ1) is 21.7. The molecule has 0 spiro atoms. The fraction of sp³-hybridized carbons (Fsp3) is 0.269. The highest BCUT2D eigenvalue weighted by Crippen LogP contribution is 2.26. The normalized spacial score (nSPS) is 15.0. The first-order chi connectivity index (χ1) is 16.6. The van der Waals surface area contributed by atoms with Crippen LogP contribution in [0, 0.1) is 18.3 Å². The molecule has 172 valence electrons. The molecule has 0 atom stereocenters. The molecule has 2 aliphatic heterocycles. The Morgan fingerprint density at radius 3 is 3.00 bits per heavy atom. The van der Waals surface area contributed by atoms with Crippen LogP contribution in [0.4, 0.5) is 0 Å². The quantitative estimate of drug-likeness (QED) is 0.417. The number of allylic oxidation sites excluding steroid dienone is 1. The van der Waals surface area contributed by atoms with Crippen LogP contribution in [-0.2, 0) is 29.0 Å². The maximum absolute atomic E-state index is 11.7. The van der Waals surface area contributed by atoms with Gasteiger partial charge in [-0.25, -0.2) is 9.48 Å². The van der Waals surface area contributed by atoms with Gasteiger partial charge in [0.05, 0.1) is 36.5 Å². The molecule has 0 bridgehead atoms. The molecule has 8 heteroatoms. The highest BCUT2D eigenvalue weighted by Gasteiger charge is 2.23. The van der Waals surface area contributed by atoms with Crippen molar-refractivity contribution in [3.8, 4) is 6.07 Å². The lowest BCUT2D eigenvalue weighted by atomic mass is 9.97. The summed E-state index contributed by atoms with van der Waals surface area (Å²) in [5, 5.41) is 21.7. The van der Waals surface area contributed by atoms with E-state index in [1.165, 1.54) is 5.56 Å². The predicted octanol–water partition coefficient (Wildman–Crippen LogP) is 3.17. The molecule has 3 aromatic rings. The van der Waals surface area contributed by atoms with Crippen molar-refractivity contribution in [2.24, 2.45) is 0 Å². The van der Waals surface area contributed by atoms with Crippen molar-refractivity contribution in [2.45, 2.75) is 26.5 Å². The van der Waals surface area contributed by atoms with Crippen LogP contribution >= 0.6 is 0 Å². The molecule has 0 fully saturated rings. The van der Waals surface area contributed by atoms with Gasteiger partial charge in [0.15, 0.2) is 0 Å². The fourth-order valence-corrected chi connectivity index (χ4v) is 4.51. The van der Waals surface area contributed by atoms with Gasteiger partial charge in [-0.1, -0.05) is 18.2 Å².